The molecule has 7 aliphatic rings. The summed E-state index contributed by atoms with van der Waals surface area (Å²) >= 11 is 0. The normalized spacial score (nSPS) is 43.1. The Morgan fingerprint density at radius 3 is 2.37 bits per heavy atom. The van der Waals surface area contributed by atoms with Crippen LogP contribution < -0.4 is 0 Å². The van der Waals surface area contributed by atoms with Gasteiger partial charge in [0.15, 0.2) is 0 Å². The second kappa shape index (κ2) is 11.8. The molecule has 46 heavy (non-hydrogen) atoms. The summed E-state index contributed by atoms with van der Waals surface area (Å²) in [7, 11) is 0. The Kier molecular flexibility index (Phi) is 8.27. The molecular weight excluding hydrogens is 579 g/mol. The number of hydrogen-bond donors (Lipinski definition) is 0. The number of fused-ring (bicyclic) bond motifs is 8. The number of carbonyl (C=O) groups is 4. The minimum absolute atomic E-state index is 0.0154. The van der Waals surface area contributed by atoms with Crippen LogP contribution in [0, 0.1) is 64.1 Å². The number of hydrogen-bond acceptors (Lipinski definition) is 4. The smallest absolute Gasteiger partial charge is 0.246 e. The Bertz CT molecular complexity index is 1380. The number of halogens is 1. The largest absolute Gasteiger partial charge is 0.516 e. The maximum absolute atomic E-state index is 16.2. The summed E-state index contributed by atoms with van der Waals surface area (Å²) in [5.41, 5.74) is 1.78. The third-order valence-electron chi connectivity index (χ3n) is 14.9. The van der Waals surface area contributed by atoms with Crippen molar-refractivity contribution >= 4 is 29.5 Å². The number of nitrogens with zero attached hydrogens (tertiary/aromatic N) is 2. The molecule has 5 fully saturated rings. The van der Waals surface area contributed by atoms with Crippen molar-refractivity contribution in [2.24, 2.45) is 64.1 Å². The van der Waals surface area contributed by atoms with Gasteiger partial charge in [-0.3, -0.25) is 0 Å². The number of amides is 5. The number of rotatable bonds is 6. The third-order valence-corrected chi connectivity index (χ3v) is 14.9. The van der Waals surface area contributed by atoms with Crippen molar-refractivity contribution in [1.29, 1.82) is 0 Å². The molecule has 252 valence electrons. The van der Waals surface area contributed by atoms with Gasteiger partial charge in [-0.2, -0.15) is 4.79 Å². The first-order valence-electron chi connectivity index (χ1n) is 18.8. The minimum Gasteiger partial charge on any atom is -0.246 e. The van der Waals surface area contributed by atoms with Crippen LogP contribution in [0.15, 0.2) is 11.6 Å². The van der Waals surface area contributed by atoms with E-state index in [0.717, 1.165) is 53.9 Å². The average Bonchev–Trinajstić information content (AvgIpc) is 3.36. The van der Waals surface area contributed by atoms with Gasteiger partial charge in [-0.1, -0.05) is 83.3 Å². The standard InChI is InChI=1S/C39H56FN2O4/c1-22(2)9-8-10-23(3)29-15-16-30-28-14-13-25-21-24(17-19-38(25,4)31(28)18-20-39(29,30)5)33-32(40)36(45)42-35(44)27-12-7-6-11-26(27)34(43)41(33)37(42)46/h13,22-24,26-32H,6-12,14-21H2,1-5H3/q+1/t23-,24?,26?,27?,28?,29-,30?,31?,32?,38+,39-/m1/s1. The fourth-order valence-electron chi connectivity index (χ4n) is 12.5. The predicted molar refractivity (Wildman–Crippen MR) is 174 cm³/mol. The summed E-state index contributed by atoms with van der Waals surface area (Å²) in [4.78, 5) is 54.6. The van der Waals surface area contributed by atoms with Gasteiger partial charge in [-0.15, -0.1) is 4.58 Å². The summed E-state index contributed by atoms with van der Waals surface area (Å²) in [5.74, 6) is 0.360. The van der Waals surface area contributed by atoms with Crippen molar-refractivity contribution in [2.75, 3.05) is 0 Å². The van der Waals surface area contributed by atoms with Gasteiger partial charge in [-0.05, 0) is 111 Å². The van der Waals surface area contributed by atoms with Crippen LogP contribution in [0.3, 0.4) is 0 Å². The molecule has 2 heterocycles. The fraction of sp³-hybridized carbons (Fsp3) is 0.821. The summed E-state index contributed by atoms with van der Waals surface area (Å²) in [6.45, 7) is 12.2. The molecule has 0 radical (unpaired) electrons. The number of alkyl halides is 1. The second-order valence-electron chi connectivity index (χ2n) is 17.5. The maximum Gasteiger partial charge on any atom is 0.516 e. The lowest BCUT2D eigenvalue weighted by Gasteiger charge is -2.58. The monoisotopic (exact) mass is 635 g/mol. The van der Waals surface area contributed by atoms with Crippen LogP contribution in [0.25, 0.3) is 0 Å². The zero-order valence-corrected chi connectivity index (χ0v) is 28.9. The summed E-state index contributed by atoms with van der Waals surface area (Å²) in [6, 6.07) is -0.940. The Hall–Kier alpha value is -2.18. The molecule has 7 heteroatoms. The lowest BCUT2D eigenvalue weighted by atomic mass is 9.46. The van der Waals surface area contributed by atoms with Crippen LogP contribution in [0.4, 0.5) is 9.18 Å². The molecule has 11 atom stereocenters. The number of imide groups is 4. The van der Waals surface area contributed by atoms with E-state index in [1.165, 1.54) is 50.5 Å². The molecule has 0 spiro atoms. The highest BCUT2D eigenvalue weighted by molar-refractivity contribution is 6.24. The lowest BCUT2D eigenvalue weighted by molar-refractivity contribution is -0.376. The summed E-state index contributed by atoms with van der Waals surface area (Å²) < 4.78 is 17.1. The van der Waals surface area contributed by atoms with Crippen LogP contribution in [0.2, 0.25) is 0 Å². The number of allylic oxidation sites excluding steroid dienone is 2. The Labute approximate surface area is 275 Å². The van der Waals surface area contributed by atoms with Gasteiger partial charge in [0.2, 0.25) is 0 Å². The SMILES string of the molecule is CC(C)CCC[C@@H](C)[C@H]1CCC2C3CC=C4CC(C5=[N+]6C(=O)C7CCCCC7C(=O)N(C(=O)C5F)C6=O)CC[C@]4(C)C3CC[C@@]21C. The van der Waals surface area contributed by atoms with Crippen molar-refractivity contribution in [2.45, 2.75) is 137 Å². The average molecular weight is 636 g/mol. The first kappa shape index (κ1) is 32.4. The highest BCUT2D eigenvalue weighted by atomic mass is 19.1. The molecule has 1 saturated heterocycles. The van der Waals surface area contributed by atoms with Gasteiger partial charge in [0.25, 0.3) is 6.17 Å². The maximum atomic E-state index is 16.2. The minimum atomic E-state index is -2.13. The Morgan fingerprint density at radius 1 is 0.891 bits per heavy atom. The molecule has 7 unspecified atom stereocenters. The molecule has 6 nitrogen and oxygen atoms in total. The van der Waals surface area contributed by atoms with Gasteiger partial charge in [-0.25, -0.2) is 18.8 Å². The van der Waals surface area contributed by atoms with Crippen molar-refractivity contribution in [3.8, 4) is 0 Å². The molecule has 0 aromatic heterocycles. The second-order valence-corrected chi connectivity index (χ2v) is 17.5. The van der Waals surface area contributed by atoms with E-state index in [1.54, 1.807) is 0 Å². The van der Waals surface area contributed by atoms with E-state index >= 15 is 4.39 Å². The van der Waals surface area contributed by atoms with Crippen LogP contribution in [0.1, 0.15) is 131 Å². The summed E-state index contributed by atoms with van der Waals surface area (Å²) in [5, 5.41) is 0. The van der Waals surface area contributed by atoms with E-state index in [4.69, 9.17) is 0 Å². The molecular formula is C39H56FN2O4+. The van der Waals surface area contributed by atoms with Crippen molar-refractivity contribution < 1.29 is 28.1 Å². The molecule has 0 aromatic rings. The molecule has 5 aliphatic carbocycles. The van der Waals surface area contributed by atoms with Gasteiger partial charge >= 0.3 is 23.8 Å². The molecule has 2 bridgehead atoms. The van der Waals surface area contributed by atoms with Gasteiger partial charge < -0.3 is 0 Å². The zero-order chi connectivity index (χ0) is 32.7. The third kappa shape index (κ3) is 4.77. The molecule has 0 N–H and O–H groups in total. The topological polar surface area (TPSA) is 74.5 Å². The lowest BCUT2D eigenvalue weighted by Crippen LogP contribution is -2.60. The van der Waals surface area contributed by atoms with E-state index in [9.17, 15) is 19.2 Å². The zero-order valence-electron chi connectivity index (χ0n) is 28.9. The number of carbonyl (C=O) groups excluding carboxylic acids is 4. The molecule has 0 aromatic carbocycles. The highest BCUT2D eigenvalue weighted by Gasteiger charge is 2.64. The fourth-order valence-corrected chi connectivity index (χ4v) is 12.5. The van der Waals surface area contributed by atoms with Crippen LogP contribution in [-0.2, 0) is 14.4 Å². The quantitative estimate of drug-likeness (QED) is 0.167. The Morgan fingerprint density at radius 2 is 1.63 bits per heavy atom. The molecule has 2 aliphatic heterocycles. The summed E-state index contributed by atoms with van der Waals surface area (Å²) in [6.07, 6.45) is 15.2. The van der Waals surface area contributed by atoms with Crippen molar-refractivity contribution in [3.05, 3.63) is 11.6 Å². The van der Waals surface area contributed by atoms with Crippen molar-refractivity contribution in [3.63, 3.8) is 0 Å². The van der Waals surface area contributed by atoms with Crippen molar-refractivity contribution in [1.82, 2.24) is 4.90 Å². The van der Waals surface area contributed by atoms with E-state index in [2.05, 4.69) is 40.7 Å². The van der Waals surface area contributed by atoms with E-state index in [0.29, 0.717) is 47.8 Å². The highest BCUT2D eigenvalue weighted by Crippen LogP contribution is 2.67. The van der Waals surface area contributed by atoms with Crippen LogP contribution >= 0.6 is 0 Å². The molecule has 7 rings (SSSR count). The van der Waals surface area contributed by atoms with Gasteiger partial charge in [0.05, 0.1) is 11.8 Å². The van der Waals surface area contributed by atoms with Gasteiger partial charge in [0, 0.05) is 5.92 Å². The Balaban J connectivity index is 1.14. The van der Waals surface area contributed by atoms with E-state index in [1.807, 2.05) is 0 Å². The van der Waals surface area contributed by atoms with E-state index < -0.39 is 47.7 Å². The van der Waals surface area contributed by atoms with Crippen LogP contribution in [0.5, 0.6) is 0 Å². The predicted octanol–water partition coefficient (Wildman–Crippen LogP) is 8.27. The first-order valence-corrected chi connectivity index (χ1v) is 18.8. The number of urea groups is 1. The van der Waals surface area contributed by atoms with Crippen LogP contribution in [-0.4, -0.2) is 45.1 Å². The molecule has 4 saturated carbocycles. The van der Waals surface area contributed by atoms with Gasteiger partial charge in [0.1, 0.15) is 5.71 Å². The van der Waals surface area contributed by atoms with E-state index in [-0.39, 0.29) is 11.1 Å². The molecule has 5 amide bonds. The first-order chi connectivity index (χ1) is 21.9.